The van der Waals surface area contributed by atoms with E-state index in [-0.39, 0.29) is 11.9 Å². The number of hydrogen-bond donors (Lipinski definition) is 1. The predicted molar refractivity (Wildman–Crippen MR) is 116 cm³/mol. The lowest BCUT2D eigenvalue weighted by Gasteiger charge is -2.23. The first-order chi connectivity index (χ1) is 13.0. The number of aromatic nitrogens is 1. The summed E-state index contributed by atoms with van der Waals surface area (Å²) in [6, 6.07) is 15.9. The first-order valence-electron chi connectivity index (χ1n) is 8.41. The highest BCUT2D eigenvalue weighted by Crippen LogP contribution is 2.30. The van der Waals surface area contributed by atoms with Crippen LogP contribution in [0.25, 0.3) is 0 Å². The molecule has 3 rings (SSSR count). The van der Waals surface area contributed by atoms with Crippen LogP contribution in [0.4, 0.5) is 0 Å². The average Bonchev–Trinajstić information content (AvgIpc) is 3.18. The highest BCUT2D eigenvalue weighted by atomic mass is 79.9. The van der Waals surface area contributed by atoms with Crippen molar-refractivity contribution >= 4 is 44.9 Å². The fraction of sp³-hybridized carbons (Fsp3) is 0.200. The van der Waals surface area contributed by atoms with Gasteiger partial charge in [0.05, 0.1) is 11.6 Å². The summed E-state index contributed by atoms with van der Waals surface area (Å²) >= 11 is 6.63. The van der Waals surface area contributed by atoms with Crippen molar-refractivity contribution in [1.29, 1.82) is 0 Å². The summed E-state index contributed by atoms with van der Waals surface area (Å²) in [5.41, 5.74) is 0.592. The van der Waals surface area contributed by atoms with Crippen LogP contribution in [0, 0.1) is 0 Å². The summed E-state index contributed by atoms with van der Waals surface area (Å²) in [6.45, 7) is 0.545. The Hall–Kier alpha value is -1.67. The van der Waals surface area contributed by atoms with Gasteiger partial charge in [0, 0.05) is 27.0 Å². The van der Waals surface area contributed by atoms with Crippen LogP contribution in [0.1, 0.15) is 21.3 Å². The lowest BCUT2D eigenvalue weighted by atomic mass is 10.2. The molecule has 0 aliphatic heterocycles. The molecule has 0 bridgehead atoms. The summed E-state index contributed by atoms with van der Waals surface area (Å²) in [7, 11) is 4.05. The van der Waals surface area contributed by atoms with Crippen LogP contribution in [0.5, 0.6) is 0 Å². The number of hydrogen-bond acceptors (Lipinski definition) is 5. The third-order valence-electron chi connectivity index (χ3n) is 3.99. The van der Waals surface area contributed by atoms with Gasteiger partial charge in [0.25, 0.3) is 5.91 Å². The predicted octanol–water partition coefficient (Wildman–Crippen LogP) is 5.09. The van der Waals surface area contributed by atoms with E-state index in [0.29, 0.717) is 17.1 Å². The molecule has 0 fully saturated rings. The molecule has 1 N–H and O–H groups in total. The first kappa shape index (κ1) is 20.1. The quantitative estimate of drug-likeness (QED) is 0.532. The van der Waals surface area contributed by atoms with Gasteiger partial charge in [-0.25, -0.2) is 4.98 Å². The van der Waals surface area contributed by atoms with Crippen molar-refractivity contribution in [2.24, 2.45) is 0 Å². The number of carbonyl (C=O) groups is 1. The monoisotopic (exact) mass is 461 g/mol. The molecule has 4 nitrogen and oxygen atoms in total. The molecular formula is C20H20BrN3OS2. The van der Waals surface area contributed by atoms with Crippen molar-refractivity contribution in [2.75, 3.05) is 20.6 Å². The minimum atomic E-state index is -0.105. The lowest BCUT2D eigenvalue weighted by molar-refractivity contribution is 0.0938. The van der Waals surface area contributed by atoms with E-state index in [4.69, 9.17) is 0 Å². The fourth-order valence-corrected chi connectivity index (χ4v) is 4.63. The van der Waals surface area contributed by atoms with Crippen LogP contribution in [0.15, 0.2) is 74.5 Å². The van der Waals surface area contributed by atoms with Gasteiger partial charge in [-0.2, -0.15) is 0 Å². The van der Waals surface area contributed by atoms with E-state index in [1.165, 1.54) is 16.6 Å². The Bertz CT molecular complexity index is 883. The van der Waals surface area contributed by atoms with Crippen molar-refractivity contribution < 1.29 is 4.79 Å². The highest BCUT2D eigenvalue weighted by Gasteiger charge is 2.18. The van der Waals surface area contributed by atoms with Crippen molar-refractivity contribution in [1.82, 2.24) is 15.2 Å². The van der Waals surface area contributed by atoms with E-state index < -0.39 is 0 Å². The van der Waals surface area contributed by atoms with Crippen LogP contribution in [0.2, 0.25) is 0 Å². The third-order valence-corrected chi connectivity index (χ3v) is 6.52. The Morgan fingerprint density at radius 3 is 2.67 bits per heavy atom. The molecule has 2 aromatic heterocycles. The van der Waals surface area contributed by atoms with Gasteiger partial charge in [0.2, 0.25) is 0 Å². The maximum atomic E-state index is 12.8. The van der Waals surface area contributed by atoms with Crippen LogP contribution in [-0.2, 0) is 0 Å². The van der Waals surface area contributed by atoms with E-state index in [1.807, 2.05) is 50.5 Å². The number of amides is 1. The maximum absolute atomic E-state index is 12.8. The molecule has 0 spiro atoms. The molecule has 0 saturated carbocycles. The molecule has 2 heterocycles. The number of pyridine rings is 1. The summed E-state index contributed by atoms with van der Waals surface area (Å²) in [6.07, 6.45) is 1.71. The highest BCUT2D eigenvalue weighted by molar-refractivity contribution is 9.10. The van der Waals surface area contributed by atoms with Gasteiger partial charge in [-0.15, -0.1) is 11.3 Å². The molecule has 1 aromatic carbocycles. The number of nitrogens with zero attached hydrogens (tertiary/aromatic N) is 2. The van der Waals surface area contributed by atoms with Gasteiger partial charge in [0.15, 0.2) is 0 Å². The molecule has 1 amide bonds. The van der Waals surface area contributed by atoms with Crippen molar-refractivity contribution in [3.05, 3.63) is 75.0 Å². The van der Waals surface area contributed by atoms with E-state index in [0.717, 1.165) is 9.37 Å². The molecule has 1 unspecified atom stereocenters. The topological polar surface area (TPSA) is 45.2 Å². The number of thiophene rings is 1. The number of rotatable bonds is 7. The number of benzene rings is 1. The second-order valence-corrected chi connectivity index (χ2v) is 9.07. The zero-order valence-electron chi connectivity index (χ0n) is 15.1. The molecule has 7 heteroatoms. The van der Waals surface area contributed by atoms with E-state index in [1.54, 1.807) is 23.6 Å². The molecule has 1 atom stereocenters. The summed E-state index contributed by atoms with van der Waals surface area (Å²) in [5, 5.41) is 5.83. The Morgan fingerprint density at radius 1 is 1.22 bits per heavy atom. The van der Waals surface area contributed by atoms with Gasteiger partial charge < -0.3 is 10.2 Å². The molecule has 0 aliphatic rings. The van der Waals surface area contributed by atoms with Gasteiger partial charge >= 0.3 is 0 Å². The SMILES string of the molecule is CN(C)C(CNC(=O)c1cccnc1Sc1ccc(Br)cc1)c1cccs1. The zero-order chi connectivity index (χ0) is 19.2. The van der Waals surface area contributed by atoms with Gasteiger partial charge in [-0.1, -0.05) is 33.8 Å². The Morgan fingerprint density at radius 2 is 2.00 bits per heavy atom. The Labute approximate surface area is 176 Å². The van der Waals surface area contributed by atoms with Gasteiger partial charge in [-0.05, 0) is 61.9 Å². The molecular weight excluding hydrogens is 442 g/mol. The Kier molecular flexibility index (Phi) is 7.07. The minimum absolute atomic E-state index is 0.105. The Balaban J connectivity index is 1.72. The van der Waals surface area contributed by atoms with E-state index in [9.17, 15) is 4.79 Å². The third kappa shape index (κ3) is 5.42. The summed E-state index contributed by atoms with van der Waals surface area (Å²) < 4.78 is 1.02. The van der Waals surface area contributed by atoms with Crippen molar-refractivity contribution in [2.45, 2.75) is 16.0 Å². The molecule has 0 aliphatic carbocycles. The standard InChI is InChI=1S/C20H20BrN3OS2/c1-24(2)17(18-6-4-12-26-18)13-23-19(25)16-5-3-11-22-20(16)27-15-9-7-14(21)8-10-15/h3-12,17H,13H2,1-2H3,(H,23,25). The number of halogens is 1. The maximum Gasteiger partial charge on any atom is 0.254 e. The molecule has 0 radical (unpaired) electrons. The molecule has 140 valence electrons. The van der Waals surface area contributed by atoms with Crippen LogP contribution >= 0.6 is 39.0 Å². The van der Waals surface area contributed by atoms with E-state index >= 15 is 0 Å². The van der Waals surface area contributed by atoms with Crippen molar-refractivity contribution in [3.8, 4) is 0 Å². The normalized spacial score (nSPS) is 12.1. The molecule has 3 aromatic rings. The van der Waals surface area contributed by atoms with Gasteiger partial charge in [-0.3, -0.25) is 4.79 Å². The smallest absolute Gasteiger partial charge is 0.254 e. The minimum Gasteiger partial charge on any atom is -0.350 e. The lowest BCUT2D eigenvalue weighted by Crippen LogP contribution is -2.34. The number of nitrogens with one attached hydrogen (secondary N) is 1. The number of likely N-dealkylation sites (N-methyl/N-ethyl adjacent to an activating group) is 1. The fourth-order valence-electron chi connectivity index (χ4n) is 2.56. The van der Waals surface area contributed by atoms with E-state index in [2.05, 4.69) is 42.6 Å². The van der Waals surface area contributed by atoms with Crippen molar-refractivity contribution in [3.63, 3.8) is 0 Å². The van der Waals surface area contributed by atoms with Crippen LogP contribution < -0.4 is 5.32 Å². The molecule has 27 heavy (non-hydrogen) atoms. The molecule has 0 saturated heterocycles. The zero-order valence-corrected chi connectivity index (χ0v) is 18.3. The van der Waals surface area contributed by atoms with Crippen LogP contribution in [-0.4, -0.2) is 36.4 Å². The second kappa shape index (κ2) is 9.50. The number of carbonyl (C=O) groups excluding carboxylic acids is 1. The second-order valence-electron chi connectivity index (χ2n) is 6.12. The first-order valence-corrected chi connectivity index (χ1v) is 10.9. The summed E-state index contributed by atoms with van der Waals surface area (Å²) in [4.78, 5) is 21.6. The summed E-state index contributed by atoms with van der Waals surface area (Å²) in [5.74, 6) is -0.105. The van der Waals surface area contributed by atoms with Crippen LogP contribution in [0.3, 0.4) is 0 Å². The largest absolute Gasteiger partial charge is 0.350 e. The van der Waals surface area contributed by atoms with Gasteiger partial charge in [0.1, 0.15) is 5.03 Å². The average molecular weight is 462 g/mol.